The van der Waals surface area contributed by atoms with Gasteiger partial charge in [0.2, 0.25) is 0 Å². The van der Waals surface area contributed by atoms with Crippen molar-refractivity contribution in [3.8, 4) is 5.75 Å². The highest BCUT2D eigenvalue weighted by Gasteiger charge is 1.96. The number of phenolic OH excluding ortho intramolecular Hbond substituents is 1. The van der Waals surface area contributed by atoms with Crippen molar-refractivity contribution >= 4 is 0 Å². The average molecular weight is 163 g/mol. The first kappa shape index (κ1) is 8.23. The topological polar surface area (TPSA) is 83.1 Å². The van der Waals surface area contributed by atoms with Gasteiger partial charge in [0.25, 0.3) is 0 Å². The van der Waals surface area contributed by atoms with Gasteiger partial charge in [0.1, 0.15) is 5.75 Å². The molecule has 0 bridgehead atoms. The second kappa shape index (κ2) is 4.10. The molecular weight excluding hydrogens is 156 g/mol. The van der Waals surface area contributed by atoms with Crippen LogP contribution in [0.3, 0.4) is 0 Å². The second-order valence-corrected chi connectivity index (χ2v) is 2.11. The van der Waals surface area contributed by atoms with Crippen LogP contribution in [0.15, 0.2) is 29.5 Å². The van der Waals surface area contributed by atoms with Crippen molar-refractivity contribution in [1.29, 1.82) is 0 Å². The molecule has 0 unspecified atom stereocenters. The number of hydrogen-bond acceptors (Lipinski definition) is 2. The van der Waals surface area contributed by atoms with E-state index in [1.807, 2.05) is 0 Å². The molecule has 0 saturated heterocycles. The fourth-order valence-corrected chi connectivity index (χ4v) is 0.781. The smallest absolute Gasteiger partial charge is 0.120 e. The third kappa shape index (κ3) is 2.07. The van der Waals surface area contributed by atoms with E-state index in [2.05, 4.69) is 15.6 Å². The summed E-state index contributed by atoms with van der Waals surface area (Å²) in [5, 5.41) is 12.2. The van der Waals surface area contributed by atoms with Gasteiger partial charge in [0.15, 0.2) is 0 Å². The van der Waals surface area contributed by atoms with Gasteiger partial charge in [-0.25, -0.2) is 5.22 Å². The summed E-state index contributed by atoms with van der Waals surface area (Å²) in [6.07, 6.45) is 0. The Hall–Kier alpha value is -1.87. The summed E-state index contributed by atoms with van der Waals surface area (Å²) in [5.74, 6) is 0.161. The average Bonchev–Trinajstić information content (AvgIpc) is 2.09. The van der Waals surface area contributed by atoms with Crippen molar-refractivity contribution in [2.75, 3.05) is 0 Å². The van der Waals surface area contributed by atoms with Gasteiger partial charge >= 0.3 is 0 Å². The zero-order chi connectivity index (χ0) is 8.81. The molecule has 0 aromatic heterocycles. The first-order valence-electron chi connectivity index (χ1n) is 3.32. The molecule has 12 heavy (non-hydrogen) atoms. The van der Waals surface area contributed by atoms with E-state index in [1.165, 1.54) is 0 Å². The van der Waals surface area contributed by atoms with Crippen molar-refractivity contribution < 1.29 is 5.11 Å². The fraction of sp³-hybridized carbons (Fsp3) is 0.143. The molecule has 0 saturated carbocycles. The van der Waals surface area contributed by atoms with Crippen LogP contribution >= 0.6 is 0 Å². The van der Waals surface area contributed by atoms with E-state index in [4.69, 9.17) is 5.53 Å². The molecule has 0 aliphatic rings. The largest absolute Gasteiger partial charge is 0.508 e. The molecule has 0 aliphatic heterocycles. The molecule has 1 rings (SSSR count). The maximum Gasteiger partial charge on any atom is 0.120 e. The lowest BCUT2D eigenvalue weighted by Crippen LogP contribution is -1.81. The Morgan fingerprint density at radius 1 is 1.50 bits per heavy atom. The van der Waals surface area contributed by atoms with Crippen LogP contribution in [0.5, 0.6) is 5.75 Å². The number of aromatic hydroxyl groups is 1. The summed E-state index contributed by atoms with van der Waals surface area (Å²) in [4.78, 5) is 2.46. The van der Waals surface area contributed by atoms with Crippen LogP contribution in [0.1, 0.15) is 5.56 Å². The van der Waals surface area contributed by atoms with Gasteiger partial charge in [0, 0.05) is 5.56 Å². The van der Waals surface area contributed by atoms with Crippen molar-refractivity contribution in [2.24, 2.45) is 5.22 Å². The van der Waals surface area contributed by atoms with Crippen LogP contribution in [-0.4, -0.2) is 5.11 Å². The third-order valence-electron chi connectivity index (χ3n) is 1.34. The molecule has 0 atom stereocenters. The summed E-state index contributed by atoms with van der Waals surface area (Å²) in [6.45, 7) is 0.205. The summed E-state index contributed by atoms with van der Waals surface area (Å²) in [5.41, 5.74) is 12.0. The van der Waals surface area contributed by atoms with Gasteiger partial charge in [-0.3, -0.25) is 11.0 Å². The highest BCUT2D eigenvalue weighted by atomic mass is 16.3. The zero-order valence-corrected chi connectivity index (χ0v) is 6.25. The number of azide groups is 1. The van der Waals surface area contributed by atoms with Crippen LogP contribution in [0, 0.1) is 0 Å². The summed E-state index contributed by atoms with van der Waals surface area (Å²) in [7, 11) is 0. The number of benzene rings is 1. The normalized spacial score (nSPS) is 8.67. The molecule has 1 N–H and O–H groups in total. The summed E-state index contributed by atoms with van der Waals surface area (Å²) in [6, 6.07) is 6.76. The number of hydrogen-bond donors (Lipinski definition) is 1. The number of phenols is 1. The lowest BCUT2D eigenvalue weighted by atomic mass is 10.2. The molecule has 1 aromatic carbocycles. The third-order valence-corrected chi connectivity index (χ3v) is 1.34. The van der Waals surface area contributed by atoms with Gasteiger partial charge in [-0.15, -0.1) is 0 Å². The standard InChI is InChI=1S/C7H7N4O/c8-10-11-9-5-6-3-1-2-4-7(6)12/h1-4,12H,5H2/q-1. The molecule has 0 radical (unpaired) electrons. The van der Waals surface area contributed by atoms with Crippen LogP contribution in [0.2, 0.25) is 0 Å². The second-order valence-electron chi connectivity index (χ2n) is 2.11. The predicted octanol–water partition coefficient (Wildman–Crippen LogP) is 2.49. The monoisotopic (exact) mass is 163 g/mol. The highest BCUT2D eigenvalue weighted by Crippen LogP contribution is 2.17. The number of para-hydroxylation sites is 1. The molecular formula is C7H7N4O-. The highest BCUT2D eigenvalue weighted by molar-refractivity contribution is 5.32. The van der Waals surface area contributed by atoms with E-state index < -0.39 is 0 Å². The zero-order valence-electron chi connectivity index (χ0n) is 6.25. The maximum atomic E-state index is 9.22. The Bertz CT molecular complexity index is 306. The van der Waals surface area contributed by atoms with Crippen molar-refractivity contribution in [1.82, 2.24) is 0 Å². The molecule has 62 valence electrons. The first-order chi connectivity index (χ1) is 5.84. The van der Waals surface area contributed by atoms with E-state index in [1.54, 1.807) is 24.3 Å². The maximum absolute atomic E-state index is 9.22. The molecule has 0 spiro atoms. The fourth-order valence-electron chi connectivity index (χ4n) is 0.781. The molecule has 5 nitrogen and oxygen atoms in total. The van der Waals surface area contributed by atoms with E-state index in [-0.39, 0.29) is 12.3 Å². The Morgan fingerprint density at radius 2 is 2.25 bits per heavy atom. The van der Waals surface area contributed by atoms with Crippen LogP contribution in [0.25, 0.3) is 15.9 Å². The van der Waals surface area contributed by atoms with E-state index in [0.29, 0.717) is 5.56 Å². The van der Waals surface area contributed by atoms with Gasteiger partial charge in [-0.1, -0.05) is 18.2 Å². The van der Waals surface area contributed by atoms with E-state index in [9.17, 15) is 5.11 Å². The lowest BCUT2D eigenvalue weighted by molar-refractivity contribution is 0.469. The van der Waals surface area contributed by atoms with Gasteiger partial charge in [-0.05, 0) is 6.07 Å². The first-order valence-corrected chi connectivity index (χ1v) is 3.32. The quantitative estimate of drug-likeness (QED) is 0.315. The molecule has 5 heteroatoms. The molecule has 0 heterocycles. The number of nitrogens with zero attached hydrogens (tertiary/aromatic N) is 4. The minimum absolute atomic E-state index is 0.161. The minimum Gasteiger partial charge on any atom is -0.508 e. The van der Waals surface area contributed by atoms with Gasteiger partial charge in [0.05, 0.1) is 6.54 Å². The van der Waals surface area contributed by atoms with Crippen molar-refractivity contribution in [3.05, 3.63) is 45.7 Å². The summed E-state index contributed by atoms with van der Waals surface area (Å²) >= 11 is 0. The predicted molar refractivity (Wildman–Crippen MR) is 44.3 cm³/mol. The summed E-state index contributed by atoms with van der Waals surface area (Å²) < 4.78 is 0. The van der Waals surface area contributed by atoms with Gasteiger partial charge in [-0.2, -0.15) is 0 Å². The SMILES string of the molecule is [N-]=[N+]=N[N-]Cc1ccccc1O. The van der Waals surface area contributed by atoms with Crippen LogP contribution in [-0.2, 0) is 6.54 Å². The number of rotatable bonds is 3. The minimum atomic E-state index is 0.161. The Morgan fingerprint density at radius 3 is 2.92 bits per heavy atom. The Kier molecular flexibility index (Phi) is 2.81. The Balaban J connectivity index is 2.62. The van der Waals surface area contributed by atoms with Crippen molar-refractivity contribution in [3.63, 3.8) is 0 Å². The molecule has 0 aliphatic carbocycles. The molecule has 0 amide bonds. The van der Waals surface area contributed by atoms with E-state index in [0.717, 1.165) is 0 Å². The van der Waals surface area contributed by atoms with Crippen LogP contribution in [0.4, 0.5) is 0 Å². The van der Waals surface area contributed by atoms with Crippen LogP contribution < -0.4 is 0 Å². The van der Waals surface area contributed by atoms with Crippen molar-refractivity contribution in [2.45, 2.75) is 6.54 Å². The lowest BCUT2D eigenvalue weighted by Gasteiger charge is -2.01. The Labute approximate surface area is 69.2 Å². The van der Waals surface area contributed by atoms with E-state index >= 15 is 0 Å². The molecule has 0 fully saturated rings. The molecule has 1 aromatic rings. The van der Waals surface area contributed by atoms with Gasteiger partial charge < -0.3 is 10.0 Å².